The van der Waals surface area contributed by atoms with E-state index >= 15 is 0 Å². The molecule has 1 aromatic rings. The summed E-state index contributed by atoms with van der Waals surface area (Å²) in [5.41, 5.74) is 10.3. The standard InChI is InChI=1S/C4H6N4O3S/c5-3-2(12(9,10)11)4(6)8-1-7-3/h1H,(H,9,10,11)(H4,5,6,7,8). The minimum absolute atomic E-state index is 0.370. The van der Waals surface area contributed by atoms with Gasteiger partial charge < -0.3 is 11.5 Å². The van der Waals surface area contributed by atoms with Crippen molar-refractivity contribution in [3.05, 3.63) is 6.33 Å². The molecule has 0 atom stereocenters. The Morgan fingerprint density at radius 3 is 1.92 bits per heavy atom. The largest absolute Gasteiger partial charge is 0.382 e. The van der Waals surface area contributed by atoms with E-state index in [0.717, 1.165) is 6.33 Å². The van der Waals surface area contributed by atoms with Crippen LogP contribution in [0.15, 0.2) is 11.2 Å². The van der Waals surface area contributed by atoms with E-state index < -0.39 is 15.0 Å². The lowest BCUT2D eigenvalue weighted by atomic mass is 10.5. The molecule has 1 aromatic heterocycles. The van der Waals surface area contributed by atoms with Crippen LogP contribution in [0.3, 0.4) is 0 Å². The van der Waals surface area contributed by atoms with Crippen molar-refractivity contribution in [3.8, 4) is 0 Å². The van der Waals surface area contributed by atoms with E-state index in [1.54, 1.807) is 0 Å². The number of nitrogens with two attached hydrogens (primary N) is 2. The van der Waals surface area contributed by atoms with Crippen LogP contribution in [0.2, 0.25) is 0 Å². The summed E-state index contributed by atoms with van der Waals surface area (Å²) in [7, 11) is -4.44. The molecule has 0 aromatic carbocycles. The maximum atomic E-state index is 10.6. The van der Waals surface area contributed by atoms with Gasteiger partial charge in [0.05, 0.1) is 0 Å². The molecule has 0 aliphatic heterocycles. The highest BCUT2D eigenvalue weighted by Crippen LogP contribution is 2.19. The van der Waals surface area contributed by atoms with Crippen LogP contribution in [0.1, 0.15) is 0 Å². The zero-order valence-electron chi connectivity index (χ0n) is 5.80. The summed E-state index contributed by atoms with van der Waals surface area (Å²) >= 11 is 0. The number of anilines is 2. The van der Waals surface area contributed by atoms with Gasteiger partial charge in [-0.1, -0.05) is 0 Å². The van der Waals surface area contributed by atoms with Crippen LogP contribution in [-0.2, 0) is 10.1 Å². The molecule has 0 bridgehead atoms. The number of aromatic nitrogens is 2. The Morgan fingerprint density at radius 2 is 1.67 bits per heavy atom. The molecule has 0 saturated heterocycles. The van der Waals surface area contributed by atoms with Gasteiger partial charge in [0.2, 0.25) is 0 Å². The van der Waals surface area contributed by atoms with Crippen molar-refractivity contribution in [2.45, 2.75) is 4.90 Å². The molecular weight excluding hydrogens is 184 g/mol. The third-order valence-electron chi connectivity index (χ3n) is 1.12. The molecule has 1 rings (SSSR count). The van der Waals surface area contributed by atoms with Gasteiger partial charge in [-0.05, 0) is 0 Å². The van der Waals surface area contributed by atoms with Crippen molar-refractivity contribution in [1.82, 2.24) is 9.97 Å². The molecule has 0 fully saturated rings. The molecular formula is C4H6N4O3S. The number of rotatable bonds is 1. The minimum atomic E-state index is -4.44. The fourth-order valence-corrected chi connectivity index (χ4v) is 1.30. The highest BCUT2D eigenvalue weighted by molar-refractivity contribution is 7.86. The first-order valence-corrected chi connectivity index (χ1v) is 4.20. The maximum absolute atomic E-state index is 10.6. The van der Waals surface area contributed by atoms with Crippen LogP contribution in [0.25, 0.3) is 0 Å². The minimum Gasteiger partial charge on any atom is -0.382 e. The van der Waals surface area contributed by atoms with Crippen LogP contribution in [0, 0.1) is 0 Å². The van der Waals surface area contributed by atoms with Gasteiger partial charge in [-0.2, -0.15) is 8.42 Å². The molecule has 8 heteroatoms. The number of nitrogens with zero attached hydrogens (tertiary/aromatic N) is 2. The SMILES string of the molecule is Nc1ncnc(N)c1S(=O)(=O)O. The van der Waals surface area contributed by atoms with Crippen molar-refractivity contribution in [3.63, 3.8) is 0 Å². The third kappa shape index (κ3) is 1.43. The molecule has 0 spiro atoms. The first-order valence-electron chi connectivity index (χ1n) is 2.76. The molecule has 0 aliphatic carbocycles. The summed E-state index contributed by atoms with van der Waals surface area (Å²) in [6.45, 7) is 0. The second-order valence-electron chi connectivity index (χ2n) is 1.95. The molecule has 0 unspecified atom stereocenters. The average Bonchev–Trinajstić information content (AvgIpc) is 1.82. The van der Waals surface area contributed by atoms with Gasteiger partial charge in [0, 0.05) is 0 Å². The normalized spacial score (nSPS) is 11.4. The van der Waals surface area contributed by atoms with Gasteiger partial charge in [-0.3, -0.25) is 4.55 Å². The Morgan fingerprint density at radius 1 is 1.25 bits per heavy atom. The van der Waals surface area contributed by atoms with Crippen molar-refractivity contribution in [2.24, 2.45) is 0 Å². The van der Waals surface area contributed by atoms with Crippen LogP contribution in [0.5, 0.6) is 0 Å². The van der Waals surface area contributed by atoms with Crippen molar-refractivity contribution in [2.75, 3.05) is 11.5 Å². The van der Waals surface area contributed by atoms with Gasteiger partial charge in [0.1, 0.15) is 18.0 Å². The third-order valence-corrected chi connectivity index (χ3v) is 2.05. The van der Waals surface area contributed by atoms with E-state index in [1.165, 1.54) is 0 Å². The van der Waals surface area contributed by atoms with Crippen molar-refractivity contribution < 1.29 is 13.0 Å². The Labute approximate surface area is 68.2 Å². The Balaban J connectivity index is 3.53. The summed E-state index contributed by atoms with van der Waals surface area (Å²) < 4.78 is 29.8. The molecule has 1 heterocycles. The van der Waals surface area contributed by atoms with Crippen LogP contribution in [0.4, 0.5) is 11.6 Å². The molecule has 0 radical (unpaired) electrons. The molecule has 5 N–H and O–H groups in total. The molecule has 66 valence electrons. The summed E-state index contributed by atoms with van der Waals surface area (Å²) in [4.78, 5) is 6.06. The lowest BCUT2D eigenvalue weighted by Gasteiger charge is -2.01. The van der Waals surface area contributed by atoms with Gasteiger partial charge in [0.25, 0.3) is 0 Å². The molecule has 0 aliphatic rings. The van der Waals surface area contributed by atoms with E-state index in [2.05, 4.69) is 9.97 Å². The molecule has 12 heavy (non-hydrogen) atoms. The molecule has 0 amide bonds. The summed E-state index contributed by atoms with van der Waals surface area (Å²) in [6.07, 6.45) is 0.999. The topological polar surface area (TPSA) is 132 Å². The van der Waals surface area contributed by atoms with Crippen LogP contribution < -0.4 is 11.5 Å². The monoisotopic (exact) mass is 190 g/mol. The lowest BCUT2D eigenvalue weighted by Crippen LogP contribution is -2.09. The zero-order valence-corrected chi connectivity index (χ0v) is 6.61. The van der Waals surface area contributed by atoms with Gasteiger partial charge >= 0.3 is 10.1 Å². The lowest BCUT2D eigenvalue weighted by molar-refractivity contribution is 0.483. The summed E-state index contributed by atoms with van der Waals surface area (Å²) in [6, 6.07) is 0. The van der Waals surface area contributed by atoms with Crippen LogP contribution >= 0.6 is 0 Å². The second kappa shape index (κ2) is 2.57. The maximum Gasteiger partial charge on any atom is 0.301 e. The number of hydrogen-bond acceptors (Lipinski definition) is 6. The predicted octanol–water partition coefficient (Wildman–Crippen LogP) is -1.11. The van der Waals surface area contributed by atoms with E-state index in [9.17, 15) is 8.42 Å². The van der Waals surface area contributed by atoms with E-state index in [0.29, 0.717) is 0 Å². The van der Waals surface area contributed by atoms with Gasteiger partial charge in [0.15, 0.2) is 4.90 Å². The zero-order chi connectivity index (χ0) is 9.35. The van der Waals surface area contributed by atoms with Crippen molar-refractivity contribution in [1.29, 1.82) is 0 Å². The van der Waals surface area contributed by atoms with Gasteiger partial charge in [-0.15, -0.1) is 0 Å². The highest BCUT2D eigenvalue weighted by atomic mass is 32.2. The first kappa shape index (κ1) is 8.68. The second-order valence-corrected chi connectivity index (χ2v) is 3.31. The molecule has 7 nitrogen and oxygen atoms in total. The smallest absolute Gasteiger partial charge is 0.301 e. The van der Waals surface area contributed by atoms with E-state index in [1.807, 2.05) is 0 Å². The van der Waals surface area contributed by atoms with Crippen LogP contribution in [-0.4, -0.2) is 22.9 Å². The predicted molar refractivity (Wildman–Crippen MR) is 40.7 cm³/mol. The quantitative estimate of drug-likeness (QED) is 0.478. The Kier molecular flexibility index (Phi) is 1.86. The first-order chi connectivity index (χ1) is 5.43. The van der Waals surface area contributed by atoms with Crippen molar-refractivity contribution >= 4 is 21.8 Å². The Hall–Kier alpha value is -1.41. The van der Waals surface area contributed by atoms with E-state index in [-0.39, 0.29) is 11.6 Å². The summed E-state index contributed by atoms with van der Waals surface area (Å²) in [5, 5.41) is 0. The highest BCUT2D eigenvalue weighted by Gasteiger charge is 2.19. The molecule has 0 saturated carbocycles. The summed E-state index contributed by atoms with van der Waals surface area (Å²) in [5.74, 6) is -0.741. The Bertz CT molecular complexity index is 381. The fraction of sp³-hybridized carbons (Fsp3) is 0. The van der Waals surface area contributed by atoms with E-state index in [4.69, 9.17) is 16.0 Å². The fourth-order valence-electron chi connectivity index (χ4n) is 0.666. The average molecular weight is 190 g/mol. The number of hydrogen-bond donors (Lipinski definition) is 3. The number of nitrogen functional groups attached to an aromatic ring is 2. The van der Waals surface area contributed by atoms with Gasteiger partial charge in [-0.25, -0.2) is 9.97 Å².